The van der Waals surface area contributed by atoms with Gasteiger partial charge in [0, 0.05) is 35.2 Å². The van der Waals surface area contributed by atoms with Gasteiger partial charge in [0.1, 0.15) is 23.8 Å². The molecule has 1 aliphatic carbocycles. The van der Waals surface area contributed by atoms with Crippen LogP contribution in [0.15, 0.2) is 59.1 Å². The summed E-state index contributed by atoms with van der Waals surface area (Å²) in [6.45, 7) is 0.869. The van der Waals surface area contributed by atoms with Crippen molar-refractivity contribution in [3.05, 3.63) is 103 Å². The number of esters is 1. The van der Waals surface area contributed by atoms with Crippen LogP contribution in [0, 0.1) is 11.8 Å². The van der Waals surface area contributed by atoms with Crippen LogP contribution < -0.4 is 4.74 Å². The number of aromatic nitrogens is 1. The molecule has 0 bridgehead atoms. The van der Waals surface area contributed by atoms with Crippen LogP contribution in [0.4, 0.5) is 0 Å². The monoisotopic (exact) mass is 608 g/mol. The molecule has 1 fully saturated rings. The number of hydrogen-bond donors (Lipinski definition) is 0. The first-order chi connectivity index (χ1) is 19.7. The zero-order valence-corrected chi connectivity index (χ0v) is 25.0. The first kappa shape index (κ1) is 29.0. The Balaban J connectivity index is 1.37. The number of benzene rings is 3. The second kappa shape index (κ2) is 12.6. The van der Waals surface area contributed by atoms with E-state index in [-0.39, 0.29) is 6.61 Å². The maximum atomic E-state index is 12.2. The predicted molar refractivity (Wildman–Crippen MR) is 161 cm³/mol. The highest BCUT2D eigenvalue weighted by Gasteiger charge is 2.33. The number of carbonyl (C=O) groups is 1. The van der Waals surface area contributed by atoms with Crippen molar-refractivity contribution >= 4 is 40.8 Å². The first-order valence-corrected chi connectivity index (χ1v) is 14.1. The fraction of sp³-hybridized carbons (Fsp3) is 0.250. The molecule has 0 amide bonds. The largest absolute Gasteiger partial charge is 0.489 e. The Bertz CT molecular complexity index is 1650. The van der Waals surface area contributed by atoms with E-state index in [0.717, 1.165) is 29.7 Å². The van der Waals surface area contributed by atoms with Crippen molar-refractivity contribution in [2.75, 3.05) is 21.2 Å². The Labute approximate surface area is 254 Å². The number of hydrogen-bond acceptors (Lipinski definition) is 6. The van der Waals surface area contributed by atoms with Gasteiger partial charge in [-0.2, -0.15) is 0 Å². The highest BCUT2D eigenvalue weighted by molar-refractivity contribution is 6.39. The van der Waals surface area contributed by atoms with Crippen molar-refractivity contribution in [2.24, 2.45) is 0 Å². The van der Waals surface area contributed by atoms with Gasteiger partial charge in [-0.3, -0.25) is 0 Å². The Morgan fingerprint density at radius 2 is 1.78 bits per heavy atom. The fourth-order valence-corrected chi connectivity index (χ4v) is 5.28. The standard InChI is InChI=1S/C32H27Cl3N2O4/c1-37(2)17-20-13-19(14-23(15-20)32(38)39-3)7-8-21-11-12-24(16-28(21)35)40-18-25-30(36-41-31(25)22-9-10-22)29-26(33)5-4-6-27(29)34/h4-6,11-16,22H,9-10,17-18H2,1-3H3. The predicted octanol–water partition coefficient (Wildman–Crippen LogP) is 8.01. The first-order valence-electron chi connectivity index (χ1n) is 13.0. The number of ether oxygens (including phenoxy) is 2. The third kappa shape index (κ3) is 6.89. The minimum absolute atomic E-state index is 0.211. The molecule has 1 aromatic heterocycles. The molecule has 4 aromatic rings. The average Bonchev–Trinajstić information content (AvgIpc) is 3.70. The van der Waals surface area contributed by atoms with Crippen LogP contribution in [0.25, 0.3) is 11.3 Å². The van der Waals surface area contributed by atoms with Crippen LogP contribution in [-0.4, -0.2) is 37.2 Å². The lowest BCUT2D eigenvalue weighted by Crippen LogP contribution is -2.12. The molecule has 41 heavy (non-hydrogen) atoms. The van der Waals surface area contributed by atoms with E-state index in [9.17, 15) is 4.79 Å². The molecule has 1 heterocycles. The van der Waals surface area contributed by atoms with Crippen molar-refractivity contribution in [1.82, 2.24) is 10.1 Å². The summed E-state index contributed by atoms with van der Waals surface area (Å²) in [4.78, 5) is 14.2. The van der Waals surface area contributed by atoms with Crippen molar-refractivity contribution in [2.45, 2.75) is 31.9 Å². The molecule has 0 radical (unpaired) electrons. The normalized spacial score (nSPS) is 12.7. The van der Waals surface area contributed by atoms with E-state index in [1.165, 1.54) is 7.11 Å². The van der Waals surface area contributed by atoms with Crippen LogP contribution in [0.5, 0.6) is 5.75 Å². The highest BCUT2D eigenvalue weighted by atomic mass is 35.5. The van der Waals surface area contributed by atoms with Crippen molar-refractivity contribution in [3.8, 4) is 28.8 Å². The summed E-state index contributed by atoms with van der Waals surface area (Å²) < 4.78 is 16.8. The molecular formula is C32H27Cl3N2O4. The summed E-state index contributed by atoms with van der Waals surface area (Å²) in [6, 6.07) is 16.1. The molecule has 0 unspecified atom stereocenters. The van der Waals surface area contributed by atoms with Gasteiger partial charge in [-0.05, 0) is 75.0 Å². The molecular weight excluding hydrogens is 583 g/mol. The minimum atomic E-state index is -0.411. The van der Waals surface area contributed by atoms with E-state index >= 15 is 0 Å². The van der Waals surface area contributed by atoms with Crippen LogP contribution in [-0.2, 0) is 17.9 Å². The van der Waals surface area contributed by atoms with Gasteiger partial charge in [0.25, 0.3) is 0 Å². The molecule has 1 saturated carbocycles. The Morgan fingerprint density at radius 1 is 1.02 bits per heavy atom. The summed E-state index contributed by atoms with van der Waals surface area (Å²) in [5, 5.41) is 5.73. The van der Waals surface area contributed by atoms with Gasteiger partial charge in [-0.1, -0.05) is 57.9 Å². The van der Waals surface area contributed by atoms with Gasteiger partial charge in [0.05, 0.1) is 33.3 Å². The zero-order chi connectivity index (χ0) is 29.1. The second-order valence-electron chi connectivity index (χ2n) is 10.1. The summed E-state index contributed by atoms with van der Waals surface area (Å²) in [6.07, 6.45) is 2.08. The molecule has 6 nitrogen and oxygen atoms in total. The zero-order valence-electron chi connectivity index (χ0n) is 22.8. The smallest absolute Gasteiger partial charge is 0.337 e. The number of rotatable bonds is 8. The summed E-state index contributed by atoms with van der Waals surface area (Å²) in [5.74, 6) is 7.50. The SMILES string of the molecule is COC(=O)c1cc(C#Cc2ccc(OCc3c(-c4c(Cl)cccc4Cl)noc3C3CC3)cc2Cl)cc(CN(C)C)c1. The molecule has 0 spiro atoms. The molecule has 9 heteroatoms. The fourth-order valence-electron chi connectivity index (χ4n) is 4.49. The van der Waals surface area contributed by atoms with E-state index in [4.69, 9.17) is 48.8 Å². The molecule has 0 aliphatic heterocycles. The van der Waals surface area contributed by atoms with Crippen LogP contribution >= 0.6 is 34.8 Å². The van der Waals surface area contributed by atoms with E-state index < -0.39 is 5.97 Å². The lowest BCUT2D eigenvalue weighted by molar-refractivity contribution is 0.0600. The Hall–Kier alpha value is -3.47. The topological polar surface area (TPSA) is 64.8 Å². The van der Waals surface area contributed by atoms with Crippen molar-refractivity contribution < 1.29 is 18.8 Å². The van der Waals surface area contributed by atoms with E-state index in [2.05, 4.69) is 17.0 Å². The van der Waals surface area contributed by atoms with Crippen LogP contribution in [0.2, 0.25) is 15.1 Å². The number of nitrogens with zero attached hydrogens (tertiary/aromatic N) is 2. The second-order valence-corrected chi connectivity index (χ2v) is 11.3. The Morgan fingerprint density at radius 3 is 2.44 bits per heavy atom. The summed E-state index contributed by atoms with van der Waals surface area (Å²) in [7, 11) is 5.28. The highest BCUT2D eigenvalue weighted by Crippen LogP contribution is 2.46. The number of carbonyl (C=O) groups excluding carboxylic acids is 1. The molecule has 1 aliphatic rings. The van der Waals surface area contributed by atoms with Crippen LogP contribution in [0.3, 0.4) is 0 Å². The molecule has 0 N–H and O–H groups in total. The van der Waals surface area contributed by atoms with Crippen molar-refractivity contribution in [3.63, 3.8) is 0 Å². The maximum absolute atomic E-state index is 12.2. The molecule has 0 saturated heterocycles. The number of halogens is 3. The third-order valence-electron chi connectivity index (χ3n) is 6.54. The molecule has 3 aromatic carbocycles. The van der Waals surface area contributed by atoms with Gasteiger partial charge >= 0.3 is 5.97 Å². The third-order valence-corrected chi connectivity index (χ3v) is 7.49. The van der Waals surface area contributed by atoms with Gasteiger partial charge in [0.15, 0.2) is 0 Å². The number of methoxy groups -OCH3 is 1. The van der Waals surface area contributed by atoms with Gasteiger partial charge < -0.3 is 18.9 Å². The summed E-state index contributed by atoms with van der Waals surface area (Å²) >= 11 is 19.5. The average molecular weight is 610 g/mol. The molecule has 0 atom stereocenters. The lowest BCUT2D eigenvalue weighted by Gasteiger charge is -2.11. The van der Waals surface area contributed by atoms with Gasteiger partial charge in [0.2, 0.25) is 0 Å². The van der Waals surface area contributed by atoms with Crippen LogP contribution in [0.1, 0.15) is 57.1 Å². The van der Waals surface area contributed by atoms with Gasteiger partial charge in [-0.15, -0.1) is 0 Å². The summed E-state index contributed by atoms with van der Waals surface area (Å²) in [5.41, 5.74) is 4.74. The minimum Gasteiger partial charge on any atom is -0.489 e. The quantitative estimate of drug-likeness (QED) is 0.149. The molecule has 210 valence electrons. The Kier molecular flexibility index (Phi) is 8.91. The molecule has 5 rings (SSSR count). The lowest BCUT2D eigenvalue weighted by atomic mass is 10.0. The van der Waals surface area contributed by atoms with E-state index in [1.807, 2.05) is 37.2 Å². The van der Waals surface area contributed by atoms with Gasteiger partial charge in [-0.25, -0.2) is 4.79 Å². The maximum Gasteiger partial charge on any atom is 0.337 e. The van der Waals surface area contributed by atoms with Crippen molar-refractivity contribution in [1.29, 1.82) is 0 Å². The van der Waals surface area contributed by atoms with E-state index in [1.54, 1.807) is 36.4 Å². The van der Waals surface area contributed by atoms with E-state index in [0.29, 0.717) is 61.2 Å².